The summed E-state index contributed by atoms with van der Waals surface area (Å²) in [6.07, 6.45) is 0. The normalized spacial score (nSPS) is 11.8. The Hall–Kier alpha value is -3.65. The Morgan fingerprint density at radius 2 is 1.74 bits per heavy atom. The van der Waals surface area contributed by atoms with Gasteiger partial charge in [-0.3, -0.25) is 19.1 Å². The van der Waals surface area contributed by atoms with Crippen molar-refractivity contribution in [3.63, 3.8) is 0 Å². The molecule has 3 aromatic rings. The van der Waals surface area contributed by atoms with Crippen molar-refractivity contribution in [3.8, 4) is 0 Å². The number of hydrogen-bond acceptors (Lipinski definition) is 4. The topological polar surface area (TPSA) is 106 Å². The van der Waals surface area contributed by atoms with Gasteiger partial charge in [0.2, 0.25) is 0 Å². The molecule has 1 unspecified atom stereocenters. The molecule has 0 saturated carbocycles. The van der Waals surface area contributed by atoms with E-state index in [1.807, 2.05) is 68.6 Å². The number of aromatic nitrogens is 2. The molecule has 0 aliphatic rings. The Bertz CT molecular complexity index is 1180. The van der Waals surface area contributed by atoms with E-state index in [0.29, 0.717) is 6.54 Å². The standard InChI is InChI=1S/C23H27N5O3/c1-16-9-7-8-12-18(16)14-26(2)15-19(29)27(3)20-21(24)28(23(31)25-22(20)30)13-17-10-5-4-6-11-17/h4-12H,13-15,24H2,1-3H3,(H,25,30,31)/p+1. The highest BCUT2D eigenvalue weighted by Gasteiger charge is 2.23. The van der Waals surface area contributed by atoms with E-state index in [4.69, 9.17) is 5.73 Å². The minimum absolute atomic E-state index is 0.0239. The molecule has 0 spiro atoms. The summed E-state index contributed by atoms with van der Waals surface area (Å²) in [5.74, 6) is -0.307. The Morgan fingerprint density at radius 1 is 1.10 bits per heavy atom. The van der Waals surface area contributed by atoms with Gasteiger partial charge in [0, 0.05) is 12.6 Å². The SMILES string of the molecule is Cc1ccccc1C[NH+](C)CC(=O)N(C)c1c(N)n(Cc2ccccc2)c(=O)[nH]c1=O. The summed E-state index contributed by atoms with van der Waals surface area (Å²) in [5, 5.41) is 0. The predicted octanol–water partition coefficient (Wildman–Crippen LogP) is 0.153. The highest BCUT2D eigenvalue weighted by molar-refractivity contribution is 5.95. The summed E-state index contributed by atoms with van der Waals surface area (Å²) in [4.78, 5) is 42.2. The van der Waals surface area contributed by atoms with Crippen LogP contribution in [0.3, 0.4) is 0 Å². The molecule has 2 aromatic carbocycles. The van der Waals surface area contributed by atoms with Gasteiger partial charge in [-0.2, -0.15) is 0 Å². The first-order chi connectivity index (χ1) is 14.8. The third-order valence-corrected chi connectivity index (χ3v) is 5.31. The number of rotatable bonds is 7. The second-order valence-corrected chi connectivity index (χ2v) is 7.75. The van der Waals surface area contributed by atoms with Crippen LogP contribution in [0, 0.1) is 6.92 Å². The van der Waals surface area contributed by atoms with Crippen molar-refractivity contribution in [2.45, 2.75) is 20.0 Å². The van der Waals surface area contributed by atoms with E-state index >= 15 is 0 Å². The van der Waals surface area contributed by atoms with Gasteiger partial charge in [-0.05, 0) is 18.1 Å². The number of nitrogen functional groups attached to an aromatic ring is 1. The maximum atomic E-state index is 12.9. The highest BCUT2D eigenvalue weighted by atomic mass is 16.2. The molecular weight excluding hydrogens is 394 g/mol. The van der Waals surface area contributed by atoms with Crippen molar-refractivity contribution < 1.29 is 9.69 Å². The van der Waals surface area contributed by atoms with Crippen LogP contribution in [0.25, 0.3) is 0 Å². The minimum atomic E-state index is -0.681. The maximum Gasteiger partial charge on any atom is 0.330 e. The van der Waals surface area contributed by atoms with Crippen molar-refractivity contribution in [2.75, 3.05) is 31.3 Å². The molecule has 0 radical (unpaired) electrons. The summed E-state index contributed by atoms with van der Waals surface area (Å²) < 4.78 is 1.26. The lowest BCUT2D eigenvalue weighted by molar-refractivity contribution is -0.885. The maximum absolute atomic E-state index is 12.9. The summed E-state index contributed by atoms with van der Waals surface area (Å²) in [7, 11) is 3.42. The van der Waals surface area contributed by atoms with Crippen molar-refractivity contribution in [3.05, 3.63) is 92.1 Å². The molecule has 31 heavy (non-hydrogen) atoms. The molecule has 1 heterocycles. The number of hydrogen-bond donors (Lipinski definition) is 3. The molecule has 0 aliphatic carbocycles. The number of nitrogens with one attached hydrogen (secondary N) is 2. The number of likely N-dealkylation sites (N-methyl/N-ethyl adjacent to an activating group) is 2. The van der Waals surface area contributed by atoms with Crippen LogP contribution in [-0.2, 0) is 17.9 Å². The number of H-pyrrole nitrogens is 1. The molecular formula is C23H28N5O3+. The molecule has 0 fully saturated rings. The van der Waals surface area contributed by atoms with Crippen LogP contribution >= 0.6 is 0 Å². The molecule has 1 aromatic heterocycles. The van der Waals surface area contributed by atoms with Crippen LogP contribution in [-0.4, -0.2) is 36.1 Å². The highest BCUT2D eigenvalue weighted by Crippen LogP contribution is 2.16. The fraction of sp³-hybridized carbons (Fsp3) is 0.261. The Balaban J connectivity index is 1.81. The Kier molecular flexibility index (Phi) is 6.71. The zero-order valence-corrected chi connectivity index (χ0v) is 18.0. The summed E-state index contributed by atoms with van der Waals surface area (Å²) in [6.45, 7) is 3.07. The van der Waals surface area contributed by atoms with E-state index in [9.17, 15) is 14.4 Å². The third kappa shape index (κ3) is 5.10. The number of aryl methyl sites for hydroxylation is 1. The number of quaternary nitrogens is 1. The van der Waals surface area contributed by atoms with E-state index in [2.05, 4.69) is 4.98 Å². The first kappa shape index (κ1) is 22.0. The first-order valence-electron chi connectivity index (χ1n) is 10.1. The average molecular weight is 423 g/mol. The predicted molar refractivity (Wildman–Crippen MR) is 121 cm³/mol. The van der Waals surface area contributed by atoms with Crippen LogP contribution in [0.5, 0.6) is 0 Å². The van der Waals surface area contributed by atoms with Gasteiger partial charge in [0.15, 0.2) is 12.2 Å². The van der Waals surface area contributed by atoms with Crippen LogP contribution in [0.2, 0.25) is 0 Å². The van der Waals surface area contributed by atoms with Crippen LogP contribution < -0.4 is 26.8 Å². The summed E-state index contributed by atoms with van der Waals surface area (Å²) >= 11 is 0. The van der Waals surface area contributed by atoms with Gasteiger partial charge in [0.1, 0.15) is 12.4 Å². The molecule has 3 rings (SSSR count). The number of carbonyl (C=O) groups excluding carboxylic acids is 1. The van der Waals surface area contributed by atoms with Gasteiger partial charge < -0.3 is 15.5 Å². The third-order valence-electron chi connectivity index (χ3n) is 5.31. The largest absolute Gasteiger partial charge is 0.383 e. The monoisotopic (exact) mass is 422 g/mol. The van der Waals surface area contributed by atoms with Crippen LogP contribution in [0.4, 0.5) is 11.5 Å². The van der Waals surface area contributed by atoms with Crippen molar-refractivity contribution in [1.29, 1.82) is 0 Å². The molecule has 162 valence electrons. The fourth-order valence-corrected chi connectivity index (χ4v) is 3.52. The number of amides is 1. The van der Waals surface area contributed by atoms with Gasteiger partial charge in [-0.15, -0.1) is 0 Å². The lowest BCUT2D eigenvalue weighted by Gasteiger charge is -2.22. The van der Waals surface area contributed by atoms with Crippen molar-refractivity contribution >= 4 is 17.4 Å². The van der Waals surface area contributed by atoms with Gasteiger partial charge in [0.25, 0.3) is 11.5 Å². The van der Waals surface area contributed by atoms with Crippen LogP contribution in [0.1, 0.15) is 16.7 Å². The molecule has 1 atom stereocenters. The molecule has 0 saturated heterocycles. The Labute approximate surface area is 180 Å². The number of nitrogens with zero attached hydrogens (tertiary/aromatic N) is 2. The number of carbonyl (C=O) groups is 1. The second kappa shape index (κ2) is 9.44. The number of anilines is 2. The lowest BCUT2D eigenvalue weighted by atomic mass is 10.1. The van der Waals surface area contributed by atoms with E-state index in [-0.39, 0.29) is 30.5 Å². The molecule has 8 heteroatoms. The Morgan fingerprint density at radius 3 is 2.42 bits per heavy atom. The molecule has 0 aliphatic heterocycles. The minimum Gasteiger partial charge on any atom is -0.383 e. The number of nitrogens with two attached hydrogens (primary N) is 1. The molecule has 1 amide bonds. The van der Waals surface area contributed by atoms with E-state index < -0.39 is 11.2 Å². The zero-order chi connectivity index (χ0) is 22.5. The van der Waals surface area contributed by atoms with Gasteiger partial charge in [0.05, 0.1) is 13.6 Å². The quantitative estimate of drug-likeness (QED) is 0.504. The van der Waals surface area contributed by atoms with E-state index in [1.54, 1.807) is 0 Å². The first-order valence-corrected chi connectivity index (χ1v) is 10.1. The number of benzene rings is 2. The summed E-state index contributed by atoms with van der Waals surface area (Å²) in [5.41, 5.74) is 8.04. The van der Waals surface area contributed by atoms with E-state index in [0.717, 1.165) is 21.6 Å². The average Bonchev–Trinajstić information content (AvgIpc) is 2.73. The smallest absolute Gasteiger partial charge is 0.330 e. The van der Waals surface area contributed by atoms with E-state index in [1.165, 1.54) is 16.5 Å². The van der Waals surface area contributed by atoms with Crippen molar-refractivity contribution in [2.24, 2.45) is 0 Å². The molecule has 4 N–H and O–H groups in total. The van der Waals surface area contributed by atoms with Crippen molar-refractivity contribution in [1.82, 2.24) is 9.55 Å². The summed E-state index contributed by atoms with van der Waals surface area (Å²) in [6, 6.07) is 17.3. The molecule has 0 bridgehead atoms. The number of aromatic amines is 1. The van der Waals surface area contributed by atoms with Crippen LogP contribution in [0.15, 0.2) is 64.2 Å². The molecule has 8 nitrogen and oxygen atoms in total. The lowest BCUT2D eigenvalue weighted by Crippen LogP contribution is -3.09. The van der Waals surface area contributed by atoms with Gasteiger partial charge in [-0.1, -0.05) is 54.6 Å². The van der Waals surface area contributed by atoms with Gasteiger partial charge in [-0.25, -0.2) is 4.79 Å². The second-order valence-electron chi connectivity index (χ2n) is 7.75. The van der Waals surface area contributed by atoms with Gasteiger partial charge >= 0.3 is 5.69 Å². The fourth-order valence-electron chi connectivity index (χ4n) is 3.52. The zero-order valence-electron chi connectivity index (χ0n) is 18.0.